The normalized spacial score (nSPS) is 12.2. The summed E-state index contributed by atoms with van der Waals surface area (Å²) in [4.78, 5) is 14.2. The van der Waals surface area contributed by atoms with Crippen LogP contribution in [0.25, 0.3) is 178 Å². The van der Waals surface area contributed by atoms with Crippen LogP contribution in [0.5, 0.6) is 0 Å². The van der Waals surface area contributed by atoms with Crippen LogP contribution in [0, 0.1) is 0 Å². The van der Waals surface area contributed by atoms with Gasteiger partial charge >= 0.3 is 12.4 Å². The molecule has 17 aromatic rings. The van der Waals surface area contributed by atoms with Crippen LogP contribution in [-0.4, -0.2) is 27.3 Å². The van der Waals surface area contributed by atoms with E-state index in [4.69, 9.17) is 23.8 Å². The molecule has 0 fully saturated rings. The Kier molecular flexibility index (Phi) is 16.4. The molecule has 0 N–H and O–H groups in total. The molecule has 5 nitrogen and oxygen atoms in total. The molecule has 514 valence electrons. The third-order valence-electron chi connectivity index (χ3n) is 21.0. The fourth-order valence-electron chi connectivity index (χ4n) is 14.9. The lowest BCUT2D eigenvalue weighted by atomic mass is 9.82. The molecule has 0 saturated heterocycles. The Balaban J connectivity index is 0.909. The Morgan fingerprint density at radius 1 is 0.236 bits per heavy atom. The van der Waals surface area contributed by atoms with Gasteiger partial charge in [0, 0.05) is 56.8 Å². The molecule has 0 amide bonds. The second kappa shape index (κ2) is 26.2. The smallest absolute Gasteiger partial charge is 0.397 e. The topological polar surface area (TPSA) is 65.0 Å². The average Bonchev–Trinajstić information content (AvgIpc) is 1.45. The molecule has 17 rings (SSSR count). The highest BCUT2D eigenvalue weighted by atomic mass is 19.4. The molecular formula is C95H65F6N3O2. The van der Waals surface area contributed by atoms with E-state index < -0.39 is 23.2 Å². The first-order chi connectivity index (χ1) is 51.3. The lowest BCUT2D eigenvalue weighted by Crippen LogP contribution is -2.36. The van der Waals surface area contributed by atoms with Crippen molar-refractivity contribution in [3.8, 4) is 134 Å². The SMILES string of the molecule is CC(C)(c1ccc(-c2ccc(-c3ccccc3-c3cc(-c4ccccc4-c4ccc(-c5ccccn5)cc4-c4ccccc4)cc(-c4ccccc4-c4ccc(-c5cc(C(C)(C)C(F)(F)F)ccn5)cc4-c4cccc5oc6ccccc6c45)c3)c(-c3cccc4oc5ccccc5c34)c2)nc1)C(F)(F)F. The summed E-state index contributed by atoms with van der Waals surface area (Å²) in [5, 5.41) is 3.63. The standard InChI is InChI=1S/C95H65F6N3O2/c1-92(2,94(96,97)98)65-47-49-103-85(56-65)61-41-45-75(82(55-61)77-33-21-38-89-91(77)79-31-15-17-36-87(79)106-89)72-29-13-10-26-69(72)64-51-62(67-24-8-11-27-70(67)73-43-39-59(83-34-18-19-48-102-83)53-80(73)58-22-6-5-7-23-58)50-63(52-64)68-25-9-12-28-71(68)74-44-40-60(84-46-42-66(57-104-84)93(3,4)95(99,100)101)54-81(74)76-32-20-37-88-90(76)78-30-14-16-35-86(78)105-88/h5-57H,1-4H3. The summed E-state index contributed by atoms with van der Waals surface area (Å²) in [5.41, 5.74) is 19.2. The van der Waals surface area contributed by atoms with Crippen molar-refractivity contribution in [2.75, 3.05) is 0 Å². The molecule has 5 aromatic heterocycles. The monoisotopic (exact) mass is 1390 g/mol. The van der Waals surface area contributed by atoms with Gasteiger partial charge in [0.05, 0.1) is 27.9 Å². The van der Waals surface area contributed by atoms with Gasteiger partial charge in [-0.3, -0.25) is 15.0 Å². The van der Waals surface area contributed by atoms with Gasteiger partial charge in [0.25, 0.3) is 0 Å². The van der Waals surface area contributed by atoms with Crippen molar-refractivity contribution in [2.45, 2.75) is 50.9 Å². The summed E-state index contributed by atoms with van der Waals surface area (Å²) >= 11 is 0. The van der Waals surface area contributed by atoms with Crippen LogP contribution in [0.4, 0.5) is 26.3 Å². The zero-order valence-electron chi connectivity index (χ0n) is 58.0. The van der Waals surface area contributed by atoms with Crippen molar-refractivity contribution >= 4 is 43.9 Å². The second-order valence-electron chi connectivity index (χ2n) is 28.0. The van der Waals surface area contributed by atoms with E-state index in [1.165, 1.54) is 52.2 Å². The second-order valence-corrected chi connectivity index (χ2v) is 28.0. The third kappa shape index (κ3) is 11.8. The summed E-state index contributed by atoms with van der Waals surface area (Å²) < 4.78 is 101. The van der Waals surface area contributed by atoms with E-state index in [9.17, 15) is 26.3 Å². The van der Waals surface area contributed by atoms with E-state index >= 15 is 0 Å². The van der Waals surface area contributed by atoms with Crippen molar-refractivity contribution in [3.63, 3.8) is 0 Å². The Morgan fingerprint density at radius 3 is 1.09 bits per heavy atom. The summed E-state index contributed by atoms with van der Waals surface area (Å²) in [6.45, 7) is 4.72. The maximum absolute atomic E-state index is 14.8. The highest BCUT2D eigenvalue weighted by Crippen LogP contribution is 2.51. The maximum atomic E-state index is 14.8. The van der Waals surface area contributed by atoms with Gasteiger partial charge in [-0.05, 0) is 230 Å². The molecule has 11 heteroatoms. The molecule has 12 aromatic carbocycles. The molecule has 0 atom stereocenters. The molecule has 5 heterocycles. The van der Waals surface area contributed by atoms with Gasteiger partial charge in [-0.1, -0.05) is 212 Å². The number of fused-ring (bicyclic) bond motifs is 6. The van der Waals surface area contributed by atoms with E-state index in [-0.39, 0.29) is 11.1 Å². The van der Waals surface area contributed by atoms with Gasteiger partial charge in [-0.2, -0.15) is 26.3 Å². The van der Waals surface area contributed by atoms with Crippen LogP contribution in [0.1, 0.15) is 38.8 Å². The van der Waals surface area contributed by atoms with Crippen LogP contribution < -0.4 is 0 Å². The number of rotatable bonds is 14. The minimum Gasteiger partial charge on any atom is -0.456 e. The van der Waals surface area contributed by atoms with E-state index in [1.54, 1.807) is 12.1 Å². The number of alkyl halides is 6. The number of pyridine rings is 3. The number of aromatic nitrogens is 3. The Labute approximate surface area is 608 Å². The highest BCUT2D eigenvalue weighted by Gasteiger charge is 2.49. The first-order valence-corrected chi connectivity index (χ1v) is 35.1. The molecular weight excluding hydrogens is 1330 g/mol. The summed E-state index contributed by atoms with van der Waals surface area (Å²) in [7, 11) is 0. The molecule has 0 aliphatic heterocycles. The van der Waals surface area contributed by atoms with Gasteiger partial charge < -0.3 is 8.83 Å². The van der Waals surface area contributed by atoms with Crippen LogP contribution in [0.2, 0.25) is 0 Å². The van der Waals surface area contributed by atoms with E-state index in [0.717, 1.165) is 139 Å². The number of nitrogens with zero attached hydrogens (tertiary/aromatic N) is 3. The van der Waals surface area contributed by atoms with Crippen LogP contribution in [0.15, 0.2) is 331 Å². The third-order valence-corrected chi connectivity index (χ3v) is 21.0. The van der Waals surface area contributed by atoms with Crippen molar-refractivity contribution in [3.05, 3.63) is 333 Å². The van der Waals surface area contributed by atoms with E-state index in [1.807, 2.05) is 134 Å². The average molecular weight is 1390 g/mol. The molecule has 0 aliphatic carbocycles. The van der Waals surface area contributed by atoms with Gasteiger partial charge in [0.15, 0.2) is 0 Å². The predicted molar refractivity (Wildman–Crippen MR) is 418 cm³/mol. The van der Waals surface area contributed by atoms with Crippen molar-refractivity contribution < 1.29 is 35.2 Å². The van der Waals surface area contributed by atoms with Crippen LogP contribution in [-0.2, 0) is 10.8 Å². The van der Waals surface area contributed by atoms with E-state index in [2.05, 4.69) is 152 Å². The maximum Gasteiger partial charge on any atom is 0.397 e. The first kappa shape index (κ1) is 66.5. The van der Waals surface area contributed by atoms with E-state index in [0.29, 0.717) is 39.3 Å². The molecule has 0 radical (unpaired) electrons. The molecule has 0 bridgehead atoms. The molecule has 0 saturated carbocycles. The molecule has 106 heavy (non-hydrogen) atoms. The number of hydrogen-bond acceptors (Lipinski definition) is 5. The molecule has 0 spiro atoms. The summed E-state index contributed by atoms with van der Waals surface area (Å²) in [5.74, 6) is 0. The van der Waals surface area contributed by atoms with Crippen molar-refractivity contribution in [1.29, 1.82) is 0 Å². The zero-order valence-corrected chi connectivity index (χ0v) is 58.0. The minimum atomic E-state index is -4.53. The lowest BCUT2D eigenvalue weighted by molar-refractivity contribution is -0.180. The minimum absolute atomic E-state index is 0.0546. The Hall–Kier alpha value is -12.7. The fourth-order valence-corrected chi connectivity index (χ4v) is 14.9. The number of furan rings is 2. The first-order valence-electron chi connectivity index (χ1n) is 35.1. The molecule has 0 unspecified atom stereocenters. The van der Waals surface area contributed by atoms with Crippen LogP contribution in [0.3, 0.4) is 0 Å². The van der Waals surface area contributed by atoms with Gasteiger partial charge in [-0.25, -0.2) is 0 Å². The summed E-state index contributed by atoms with van der Waals surface area (Å²) in [6, 6.07) is 101. The largest absolute Gasteiger partial charge is 0.456 e. The van der Waals surface area contributed by atoms with Crippen LogP contribution >= 0.6 is 0 Å². The number of benzene rings is 12. The fraction of sp³-hybridized carbons (Fsp3) is 0.0842. The van der Waals surface area contributed by atoms with Gasteiger partial charge in [-0.15, -0.1) is 0 Å². The molecule has 0 aliphatic rings. The Morgan fingerprint density at radius 2 is 0.623 bits per heavy atom. The van der Waals surface area contributed by atoms with Gasteiger partial charge in [0.2, 0.25) is 0 Å². The van der Waals surface area contributed by atoms with Gasteiger partial charge in [0.1, 0.15) is 22.3 Å². The predicted octanol–water partition coefficient (Wildman–Crippen LogP) is 27.4. The number of halogens is 6. The van der Waals surface area contributed by atoms with Crippen molar-refractivity contribution in [1.82, 2.24) is 15.0 Å². The quantitative estimate of drug-likeness (QED) is 0.102. The lowest BCUT2D eigenvalue weighted by Gasteiger charge is -2.28. The number of hydrogen-bond donors (Lipinski definition) is 0. The Bertz CT molecular complexity index is 6250. The number of para-hydroxylation sites is 2. The summed E-state index contributed by atoms with van der Waals surface area (Å²) in [6.07, 6.45) is -4.44. The zero-order chi connectivity index (χ0) is 72.6. The van der Waals surface area contributed by atoms with Crippen molar-refractivity contribution in [2.24, 2.45) is 0 Å². The highest BCUT2D eigenvalue weighted by molar-refractivity contribution is 6.16.